The molecule has 0 atom stereocenters. The van der Waals surface area contributed by atoms with Gasteiger partial charge in [-0.25, -0.2) is 4.98 Å². The third-order valence-corrected chi connectivity index (χ3v) is 6.87. The molecular weight excluding hydrogens is 402 g/mol. The predicted molar refractivity (Wildman–Crippen MR) is 129 cm³/mol. The van der Waals surface area contributed by atoms with Crippen LogP contribution in [0.1, 0.15) is 48.0 Å². The minimum absolute atomic E-state index is 0.228. The Morgan fingerprint density at radius 1 is 1.10 bits per heavy atom. The van der Waals surface area contributed by atoms with Gasteiger partial charge in [0.1, 0.15) is 0 Å². The fourth-order valence-electron chi connectivity index (χ4n) is 4.50. The van der Waals surface area contributed by atoms with Gasteiger partial charge < -0.3 is 9.47 Å². The first-order valence-electron chi connectivity index (χ1n) is 11.2. The number of carbonyl (C=O) groups is 1. The van der Waals surface area contributed by atoms with E-state index in [9.17, 15) is 4.79 Å². The third kappa shape index (κ3) is 5.04. The molecule has 1 aliphatic heterocycles. The Bertz CT molecular complexity index is 1050. The first kappa shape index (κ1) is 21.7. The Kier molecular flexibility index (Phi) is 6.81. The van der Waals surface area contributed by atoms with E-state index in [0.29, 0.717) is 6.42 Å². The highest BCUT2D eigenvalue weighted by molar-refractivity contribution is 7.98. The van der Waals surface area contributed by atoms with Gasteiger partial charge in [-0.15, -0.1) is 11.8 Å². The quantitative estimate of drug-likeness (QED) is 0.447. The Morgan fingerprint density at radius 2 is 1.90 bits per heavy atom. The fourth-order valence-corrected chi connectivity index (χ4v) is 5.52. The van der Waals surface area contributed by atoms with Crippen molar-refractivity contribution in [2.45, 2.75) is 63.8 Å². The van der Waals surface area contributed by atoms with Gasteiger partial charge in [0.25, 0.3) is 0 Å². The van der Waals surface area contributed by atoms with Crippen LogP contribution in [0, 0.1) is 13.8 Å². The second kappa shape index (κ2) is 9.73. The summed E-state index contributed by atoms with van der Waals surface area (Å²) in [5.41, 5.74) is 7.23. The maximum absolute atomic E-state index is 13.0. The van der Waals surface area contributed by atoms with Gasteiger partial charge in [-0.3, -0.25) is 4.79 Å². The van der Waals surface area contributed by atoms with Gasteiger partial charge in [0.05, 0.1) is 5.03 Å². The van der Waals surface area contributed by atoms with Crippen LogP contribution in [0.3, 0.4) is 0 Å². The minimum Gasteiger partial charge on any atom is -0.348 e. The number of thioether (sulfide) groups is 1. The minimum atomic E-state index is 0.228. The van der Waals surface area contributed by atoms with Crippen LogP contribution >= 0.6 is 11.8 Å². The molecule has 4 nitrogen and oxygen atoms in total. The lowest BCUT2D eigenvalue weighted by Gasteiger charge is -2.29. The normalized spacial score (nSPS) is 13.3. The van der Waals surface area contributed by atoms with Crippen LogP contribution in [0.5, 0.6) is 0 Å². The third-order valence-electron chi connectivity index (χ3n) is 5.93. The van der Waals surface area contributed by atoms with Crippen molar-refractivity contribution in [1.82, 2.24) is 9.55 Å². The molecule has 31 heavy (non-hydrogen) atoms. The summed E-state index contributed by atoms with van der Waals surface area (Å²) in [5.74, 6) is 1.11. The first-order valence-corrected chi connectivity index (χ1v) is 12.2. The second-order valence-electron chi connectivity index (χ2n) is 8.25. The van der Waals surface area contributed by atoms with Gasteiger partial charge in [0, 0.05) is 48.0 Å². The SMILES string of the molecule is CCn1c(CCC(=O)N2CCCc3ccccc32)ccc1CSc1cc(C)cc(C)n1. The molecule has 0 saturated carbocycles. The van der Waals surface area contributed by atoms with Crippen LogP contribution < -0.4 is 4.90 Å². The Labute approximate surface area is 189 Å². The molecule has 1 aliphatic rings. The number of nitrogens with zero attached hydrogens (tertiary/aromatic N) is 3. The van der Waals surface area contributed by atoms with Crippen LogP contribution in [0.2, 0.25) is 0 Å². The van der Waals surface area contributed by atoms with E-state index in [1.54, 1.807) is 11.8 Å². The zero-order valence-corrected chi connectivity index (χ0v) is 19.5. The molecule has 0 unspecified atom stereocenters. The summed E-state index contributed by atoms with van der Waals surface area (Å²) in [6, 6.07) is 17.0. The molecule has 0 spiro atoms. The number of benzene rings is 1. The van der Waals surface area contributed by atoms with Crippen molar-refractivity contribution in [2.24, 2.45) is 0 Å². The van der Waals surface area contributed by atoms with Gasteiger partial charge in [0.15, 0.2) is 0 Å². The molecule has 0 radical (unpaired) electrons. The van der Waals surface area contributed by atoms with Gasteiger partial charge >= 0.3 is 0 Å². The maximum Gasteiger partial charge on any atom is 0.227 e. The Hall–Kier alpha value is -2.53. The smallest absolute Gasteiger partial charge is 0.227 e. The summed E-state index contributed by atoms with van der Waals surface area (Å²) in [6.45, 7) is 8.08. The number of hydrogen-bond donors (Lipinski definition) is 0. The molecule has 0 saturated heterocycles. The monoisotopic (exact) mass is 433 g/mol. The van der Waals surface area contributed by atoms with E-state index in [0.717, 1.165) is 54.5 Å². The lowest BCUT2D eigenvalue weighted by atomic mass is 10.0. The average Bonchev–Trinajstić information content (AvgIpc) is 3.16. The lowest BCUT2D eigenvalue weighted by Crippen LogP contribution is -2.35. The largest absolute Gasteiger partial charge is 0.348 e. The summed E-state index contributed by atoms with van der Waals surface area (Å²) in [7, 11) is 0. The second-order valence-corrected chi connectivity index (χ2v) is 9.25. The average molecular weight is 434 g/mol. The van der Waals surface area contributed by atoms with Gasteiger partial charge in [-0.2, -0.15) is 0 Å². The van der Waals surface area contributed by atoms with E-state index in [4.69, 9.17) is 0 Å². The van der Waals surface area contributed by atoms with Crippen LogP contribution in [0.25, 0.3) is 0 Å². The summed E-state index contributed by atoms with van der Waals surface area (Å²) < 4.78 is 2.35. The van der Waals surface area contributed by atoms with Crippen LogP contribution in [0.15, 0.2) is 53.6 Å². The number of amides is 1. The van der Waals surface area contributed by atoms with E-state index in [1.165, 1.54) is 22.5 Å². The van der Waals surface area contributed by atoms with Crippen LogP contribution in [-0.2, 0) is 29.9 Å². The van der Waals surface area contributed by atoms with Crippen molar-refractivity contribution in [1.29, 1.82) is 0 Å². The number of hydrogen-bond acceptors (Lipinski definition) is 3. The molecular formula is C26H31N3OS. The summed E-state index contributed by atoms with van der Waals surface area (Å²) in [4.78, 5) is 19.7. The number of carbonyl (C=O) groups excluding carboxylic acids is 1. The molecule has 4 rings (SSSR count). The van der Waals surface area contributed by atoms with Crippen molar-refractivity contribution in [3.05, 3.63) is 76.7 Å². The molecule has 1 amide bonds. The van der Waals surface area contributed by atoms with Gasteiger partial charge in [-0.05, 0) is 81.5 Å². The van der Waals surface area contributed by atoms with E-state index < -0.39 is 0 Å². The summed E-state index contributed by atoms with van der Waals surface area (Å²) in [6.07, 6.45) is 3.43. The highest BCUT2D eigenvalue weighted by Gasteiger charge is 2.22. The van der Waals surface area contributed by atoms with E-state index in [1.807, 2.05) is 17.9 Å². The van der Waals surface area contributed by atoms with Crippen molar-refractivity contribution in [3.8, 4) is 0 Å². The van der Waals surface area contributed by atoms with E-state index >= 15 is 0 Å². The summed E-state index contributed by atoms with van der Waals surface area (Å²) in [5, 5.41) is 1.07. The van der Waals surface area contributed by atoms with Gasteiger partial charge in [0.2, 0.25) is 5.91 Å². The lowest BCUT2D eigenvalue weighted by molar-refractivity contribution is -0.118. The Morgan fingerprint density at radius 3 is 2.71 bits per heavy atom. The van der Waals surface area contributed by atoms with Crippen LogP contribution in [-0.4, -0.2) is 22.0 Å². The van der Waals surface area contributed by atoms with Gasteiger partial charge in [-0.1, -0.05) is 18.2 Å². The molecule has 3 heterocycles. The number of fused-ring (bicyclic) bond motifs is 1. The number of anilines is 1. The molecule has 0 aliphatic carbocycles. The summed E-state index contributed by atoms with van der Waals surface area (Å²) >= 11 is 1.78. The maximum atomic E-state index is 13.0. The van der Waals surface area contributed by atoms with E-state index in [2.05, 4.69) is 65.9 Å². The number of aryl methyl sites for hydroxylation is 4. The molecule has 1 aromatic carbocycles. The van der Waals surface area contributed by atoms with Crippen molar-refractivity contribution in [3.63, 3.8) is 0 Å². The highest BCUT2D eigenvalue weighted by atomic mass is 32.2. The zero-order chi connectivity index (χ0) is 21.8. The fraction of sp³-hybridized carbons (Fsp3) is 0.385. The molecule has 2 aromatic heterocycles. The zero-order valence-electron chi connectivity index (χ0n) is 18.7. The highest BCUT2D eigenvalue weighted by Crippen LogP contribution is 2.28. The van der Waals surface area contributed by atoms with E-state index in [-0.39, 0.29) is 5.91 Å². The molecule has 5 heteroatoms. The molecule has 0 N–H and O–H groups in total. The molecule has 0 bridgehead atoms. The standard InChI is InChI=1S/C26H31N3OS/c1-4-28-22(11-12-23(28)18-31-25-17-19(2)16-20(3)27-25)13-14-26(30)29-15-7-9-21-8-5-6-10-24(21)29/h5-6,8,10-12,16-17H,4,7,9,13-15,18H2,1-3H3. The predicted octanol–water partition coefficient (Wildman–Crippen LogP) is 5.72. The van der Waals surface area contributed by atoms with Crippen molar-refractivity contribution >= 4 is 23.4 Å². The van der Waals surface area contributed by atoms with Crippen molar-refractivity contribution in [2.75, 3.05) is 11.4 Å². The number of aromatic nitrogens is 2. The number of para-hydroxylation sites is 1. The molecule has 0 fully saturated rings. The Balaban J connectivity index is 1.40. The first-order chi connectivity index (χ1) is 15.0. The number of pyridine rings is 1. The molecule has 3 aromatic rings. The van der Waals surface area contributed by atoms with Crippen molar-refractivity contribution < 1.29 is 4.79 Å². The molecule has 162 valence electrons. The van der Waals surface area contributed by atoms with Crippen LogP contribution in [0.4, 0.5) is 5.69 Å². The number of rotatable bonds is 7. The topological polar surface area (TPSA) is 38.1 Å².